The third kappa shape index (κ3) is 5.09. The predicted molar refractivity (Wildman–Crippen MR) is 122 cm³/mol. The largest absolute Gasteiger partial charge is 0.488 e. The predicted octanol–water partition coefficient (Wildman–Crippen LogP) is 5.55. The number of thioether (sulfide) groups is 1. The van der Waals surface area contributed by atoms with Gasteiger partial charge in [0.1, 0.15) is 18.2 Å². The van der Waals surface area contributed by atoms with Crippen molar-refractivity contribution in [1.82, 2.24) is 4.90 Å². The molecule has 3 aromatic rings. The number of para-hydroxylation sites is 1. The number of carbonyl (C=O) groups is 2. The van der Waals surface area contributed by atoms with Gasteiger partial charge in [-0.15, -0.1) is 0 Å². The Bertz CT molecular complexity index is 1260. The molecule has 9 heteroatoms. The lowest BCUT2D eigenvalue weighted by molar-refractivity contribution is -0.384. The lowest BCUT2D eigenvalue weighted by atomic mass is 10.1. The summed E-state index contributed by atoms with van der Waals surface area (Å²) in [4.78, 5) is 36.9. The van der Waals surface area contributed by atoms with Crippen molar-refractivity contribution in [2.45, 2.75) is 13.2 Å². The highest BCUT2D eigenvalue weighted by Gasteiger charge is 2.35. The molecule has 166 valence electrons. The second-order valence-corrected chi connectivity index (χ2v) is 8.10. The summed E-state index contributed by atoms with van der Waals surface area (Å²) in [5.41, 5.74) is 1.50. The van der Waals surface area contributed by atoms with Crippen LogP contribution in [0.3, 0.4) is 0 Å². The van der Waals surface area contributed by atoms with E-state index in [0.717, 1.165) is 16.7 Å². The molecule has 0 N–H and O–H groups in total. The molecule has 1 heterocycles. The topological polar surface area (TPSA) is 89.8 Å². The van der Waals surface area contributed by atoms with Crippen LogP contribution in [0.4, 0.5) is 14.9 Å². The first-order valence-electron chi connectivity index (χ1n) is 9.86. The smallest absolute Gasteiger partial charge is 0.293 e. The van der Waals surface area contributed by atoms with Gasteiger partial charge in [-0.2, -0.15) is 0 Å². The standard InChI is InChI=1S/C24H17FN2O5S/c25-20-7-3-1-6-18(20)15-32-21-8-4-2-5-17(21)13-22-23(28)26(24(29)33-22)14-16-9-11-19(12-10-16)27(30)31/h1-13H,14-15H2/b22-13+. The zero-order valence-electron chi connectivity index (χ0n) is 17.1. The maximum atomic E-state index is 13.9. The monoisotopic (exact) mass is 464 g/mol. The number of halogens is 1. The van der Waals surface area contributed by atoms with Crippen molar-refractivity contribution in [3.63, 3.8) is 0 Å². The molecule has 3 aromatic carbocycles. The van der Waals surface area contributed by atoms with E-state index >= 15 is 0 Å². The van der Waals surface area contributed by atoms with Gasteiger partial charge in [-0.1, -0.05) is 48.5 Å². The lowest BCUT2D eigenvalue weighted by Crippen LogP contribution is -2.27. The van der Waals surface area contributed by atoms with E-state index in [1.807, 2.05) is 0 Å². The summed E-state index contributed by atoms with van der Waals surface area (Å²) < 4.78 is 19.7. The molecule has 2 amide bonds. The molecule has 0 radical (unpaired) electrons. The van der Waals surface area contributed by atoms with Crippen molar-refractivity contribution in [3.8, 4) is 5.75 Å². The summed E-state index contributed by atoms with van der Waals surface area (Å²) in [5.74, 6) is -0.391. The Morgan fingerprint density at radius 1 is 1.00 bits per heavy atom. The molecular formula is C24H17FN2O5S. The van der Waals surface area contributed by atoms with Gasteiger partial charge < -0.3 is 4.74 Å². The van der Waals surface area contributed by atoms with Crippen molar-refractivity contribution in [2.24, 2.45) is 0 Å². The number of hydrogen-bond donors (Lipinski definition) is 0. The van der Waals surface area contributed by atoms with Crippen LogP contribution in [0.2, 0.25) is 0 Å². The Morgan fingerprint density at radius 3 is 2.42 bits per heavy atom. The molecule has 33 heavy (non-hydrogen) atoms. The quantitative estimate of drug-likeness (QED) is 0.259. The van der Waals surface area contributed by atoms with E-state index in [4.69, 9.17) is 4.74 Å². The van der Waals surface area contributed by atoms with Crippen LogP contribution < -0.4 is 4.74 Å². The number of imide groups is 1. The van der Waals surface area contributed by atoms with E-state index < -0.39 is 16.1 Å². The summed E-state index contributed by atoms with van der Waals surface area (Å²) in [6.07, 6.45) is 1.57. The second-order valence-electron chi connectivity index (χ2n) is 7.11. The Hall–Kier alpha value is -3.98. The minimum absolute atomic E-state index is 0.00539. The number of rotatable bonds is 7. The van der Waals surface area contributed by atoms with Crippen LogP contribution in [0, 0.1) is 15.9 Å². The summed E-state index contributed by atoms with van der Waals surface area (Å²) in [6, 6.07) is 18.9. The van der Waals surface area contributed by atoms with E-state index in [9.17, 15) is 24.1 Å². The van der Waals surface area contributed by atoms with Crippen LogP contribution in [0.1, 0.15) is 16.7 Å². The zero-order chi connectivity index (χ0) is 23.4. The van der Waals surface area contributed by atoms with Gasteiger partial charge in [-0.05, 0) is 35.5 Å². The average molecular weight is 464 g/mol. The van der Waals surface area contributed by atoms with E-state index in [1.165, 1.54) is 30.3 Å². The number of nitrogens with zero attached hydrogens (tertiary/aromatic N) is 2. The van der Waals surface area contributed by atoms with E-state index in [2.05, 4.69) is 0 Å². The summed E-state index contributed by atoms with van der Waals surface area (Å²) >= 11 is 0.804. The molecule has 0 aromatic heterocycles. The molecular weight excluding hydrogens is 447 g/mol. The maximum Gasteiger partial charge on any atom is 0.293 e. The van der Waals surface area contributed by atoms with E-state index in [0.29, 0.717) is 22.4 Å². The van der Waals surface area contributed by atoms with Crippen LogP contribution in [-0.4, -0.2) is 21.0 Å². The second kappa shape index (κ2) is 9.66. The Labute approximate surface area is 192 Å². The van der Waals surface area contributed by atoms with Gasteiger partial charge >= 0.3 is 0 Å². The van der Waals surface area contributed by atoms with Crippen LogP contribution in [0.5, 0.6) is 5.75 Å². The molecule has 1 aliphatic rings. The van der Waals surface area contributed by atoms with Gasteiger partial charge in [0.25, 0.3) is 16.8 Å². The van der Waals surface area contributed by atoms with Crippen molar-refractivity contribution < 1.29 is 23.6 Å². The number of nitro groups is 1. The van der Waals surface area contributed by atoms with Crippen LogP contribution in [-0.2, 0) is 17.9 Å². The van der Waals surface area contributed by atoms with Gasteiger partial charge in [0.05, 0.1) is 16.4 Å². The average Bonchev–Trinajstić information content (AvgIpc) is 3.07. The molecule has 0 atom stereocenters. The number of benzene rings is 3. The first-order valence-corrected chi connectivity index (χ1v) is 10.7. The molecule has 1 fully saturated rings. The molecule has 7 nitrogen and oxygen atoms in total. The van der Waals surface area contributed by atoms with Gasteiger partial charge in [-0.25, -0.2) is 4.39 Å². The molecule has 0 saturated carbocycles. The first-order chi connectivity index (χ1) is 15.9. The van der Waals surface area contributed by atoms with Crippen LogP contribution in [0.25, 0.3) is 6.08 Å². The summed E-state index contributed by atoms with van der Waals surface area (Å²) in [5, 5.41) is 10.4. The highest BCUT2D eigenvalue weighted by molar-refractivity contribution is 8.18. The SMILES string of the molecule is O=C1S/C(=C/c2ccccc2OCc2ccccc2F)C(=O)N1Cc1ccc([N+](=O)[O-])cc1. The van der Waals surface area contributed by atoms with Crippen molar-refractivity contribution in [3.05, 3.63) is 110 Å². The molecule has 1 saturated heterocycles. The maximum absolute atomic E-state index is 13.9. The summed E-state index contributed by atoms with van der Waals surface area (Å²) in [6.45, 7) is 0.0184. The van der Waals surface area contributed by atoms with Crippen molar-refractivity contribution in [2.75, 3.05) is 0 Å². The number of ether oxygens (including phenoxy) is 1. The molecule has 0 bridgehead atoms. The molecule has 0 spiro atoms. The number of nitro benzene ring substituents is 1. The molecule has 4 rings (SSSR count). The fourth-order valence-electron chi connectivity index (χ4n) is 3.19. The van der Waals surface area contributed by atoms with Gasteiger partial charge in [0.2, 0.25) is 0 Å². The van der Waals surface area contributed by atoms with Crippen molar-refractivity contribution in [1.29, 1.82) is 0 Å². The van der Waals surface area contributed by atoms with Gasteiger partial charge in [0, 0.05) is 23.3 Å². The zero-order valence-corrected chi connectivity index (χ0v) is 18.0. The number of carbonyl (C=O) groups excluding carboxylic acids is 2. The normalized spacial score (nSPS) is 14.7. The summed E-state index contributed by atoms with van der Waals surface area (Å²) in [7, 11) is 0. The van der Waals surface area contributed by atoms with Crippen LogP contribution in [0.15, 0.2) is 77.7 Å². The van der Waals surface area contributed by atoms with Gasteiger partial charge in [-0.3, -0.25) is 24.6 Å². The van der Waals surface area contributed by atoms with Gasteiger partial charge in [0.15, 0.2) is 0 Å². The third-order valence-corrected chi connectivity index (χ3v) is 5.82. The Balaban J connectivity index is 1.50. The third-order valence-electron chi connectivity index (χ3n) is 4.91. The minimum atomic E-state index is -0.516. The molecule has 0 unspecified atom stereocenters. The molecule has 0 aliphatic carbocycles. The fourth-order valence-corrected chi connectivity index (χ4v) is 4.01. The number of non-ortho nitro benzene ring substituents is 1. The fraction of sp³-hybridized carbons (Fsp3) is 0.0833. The highest BCUT2D eigenvalue weighted by atomic mass is 32.2. The van der Waals surface area contributed by atoms with Crippen molar-refractivity contribution >= 4 is 34.7 Å². The first kappa shape index (κ1) is 22.2. The van der Waals surface area contributed by atoms with E-state index in [1.54, 1.807) is 48.5 Å². The lowest BCUT2D eigenvalue weighted by Gasteiger charge is -2.12. The minimum Gasteiger partial charge on any atom is -0.488 e. The van der Waals surface area contributed by atoms with E-state index in [-0.39, 0.29) is 29.6 Å². The van der Waals surface area contributed by atoms with Crippen LogP contribution >= 0.6 is 11.8 Å². The number of amides is 2. The Morgan fingerprint density at radius 2 is 1.70 bits per heavy atom. The number of hydrogen-bond acceptors (Lipinski definition) is 6. The highest BCUT2D eigenvalue weighted by Crippen LogP contribution is 2.35. The molecule has 1 aliphatic heterocycles. The Kier molecular flexibility index (Phi) is 6.50.